The Hall–Kier alpha value is -2.08. The third-order valence-corrected chi connectivity index (χ3v) is 3.80. The van der Waals surface area contributed by atoms with Gasteiger partial charge in [-0.3, -0.25) is 4.40 Å². The summed E-state index contributed by atoms with van der Waals surface area (Å²) in [6.45, 7) is 4.35. The maximum absolute atomic E-state index is 11.4. The minimum absolute atomic E-state index is 0.0855. The number of aliphatic hydroxyl groups excluding tert-OH is 1. The molecule has 2 heterocycles. The van der Waals surface area contributed by atoms with Crippen LogP contribution in [0.25, 0.3) is 5.65 Å². The molecule has 0 aromatic carbocycles. The van der Waals surface area contributed by atoms with Gasteiger partial charge >= 0.3 is 5.97 Å². The van der Waals surface area contributed by atoms with Crippen LogP contribution < -0.4 is 5.32 Å². The fraction of sp³-hybridized carbons (Fsp3) is 0.467. The van der Waals surface area contributed by atoms with Crippen molar-refractivity contribution in [3.63, 3.8) is 0 Å². The maximum Gasteiger partial charge on any atom is 0.356 e. The van der Waals surface area contributed by atoms with E-state index in [0.717, 1.165) is 12.8 Å². The molecule has 21 heavy (non-hydrogen) atoms. The minimum Gasteiger partial charge on any atom is -0.476 e. The Balaban J connectivity index is 2.22. The lowest BCUT2D eigenvalue weighted by atomic mass is 9.96. The molecule has 0 amide bonds. The van der Waals surface area contributed by atoms with Gasteiger partial charge in [-0.1, -0.05) is 32.8 Å². The monoisotopic (exact) mass is 291 g/mol. The van der Waals surface area contributed by atoms with Crippen LogP contribution in [0.3, 0.4) is 0 Å². The number of aromatic nitrogens is 2. The normalized spacial score (nSPS) is 12.8. The third-order valence-electron chi connectivity index (χ3n) is 3.80. The lowest BCUT2D eigenvalue weighted by Gasteiger charge is -2.20. The number of imidazole rings is 1. The van der Waals surface area contributed by atoms with Crippen molar-refractivity contribution in [1.82, 2.24) is 9.38 Å². The van der Waals surface area contributed by atoms with Crippen LogP contribution in [0.15, 0.2) is 24.4 Å². The Morgan fingerprint density at radius 1 is 1.38 bits per heavy atom. The van der Waals surface area contributed by atoms with Gasteiger partial charge in [0.1, 0.15) is 5.65 Å². The van der Waals surface area contributed by atoms with Crippen LogP contribution in [-0.2, 0) is 0 Å². The van der Waals surface area contributed by atoms with E-state index in [1.165, 1.54) is 4.40 Å². The van der Waals surface area contributed by atoms with Gasteiger partial charge in [-0.15, -0.1) is 0 Å². The summed E-state index contributed by atoms with van der Waals surface area (Å²) in [4.78, 5) is 15.7. The van der Waals surface area contributed by atoms with Gasteiger partial charge < -0.3 is 15.5 Å². The smallest absolute Gasteiger partial charge is 0.356 e. The fourth-order valence-corrected chi connectivity index (χ4v) is 2.52. The minimum atomic E-state index is -1.05. The van der Waals surface area contributed by atoms with Crippen LogP contribution in [0.2, 0.25) is 0 Å². The van der Waals surface area contributed by atoms with Gasteiger partial charge in [-0.05, 0) is 18.1 Å². The molecule has 0 saturated heterocycles. The fourth-order valence-electron chi connectivity index (χ4n) is 2.52. The standard InChI is InChI=1S/C15H21N3O3/c1-3-10(4-2)11(19)9-16-14-13(15(20)21)18-8-6-5-7-12(18)17-14/h5-8,10-11,16,19H,3-4,9H2,1-2H3,(H,20,21). The first-order chi connectivity index (χ1) is 10.1. The van der Waals surface area contributed by atoms with E-state index in [1.54, 1.807) is 24.4 Å². The Morgan fingerprint density at radius 2 is 2.10 bits per heavy atom. The Bertz CT molecular complexity index is 620. The zero-order valence-corrected chi connectivity index (χ0v) is 12.3. The quantitative estimate of drug-likeness (QED) is 0.728. The summed E-state index contributed by atoms with van der Waals surface area (Å²) in [6, 6.07) is 5.30. The highest BCUT2D eigenvalue weighted by Gasteiger charge is 2.20. The summed E-state index contributed by atoms with van der Waals surface area (Å²) in [5.41, 5.74) is 0.650. The second kappa shape index (κ2) is 6.58. The van der Waals surface area contributed by atoms with E-state index in [0.29, 0.717) is 11.5 Å². The number of aromatic carboxylic acids is 1. The van der Waals surface area contributed by atoms with Crippen molar-refractivity contribution < 1.29 is 15.0 Å². The molecule has 2 aromatic heterocycles. The van der Waals surface area contributed by atoms with Gasteiger partial charge in [0.25, 0.3) is 0 Å². The molecule has 0 aliphatic heterocycles. The van der Waals surface area contributed by atoms with Gasteiger partial charge in [-0.25, -0.2) is 9.78 Å². The first-order valence-corrected chi connectivity index (χ1v) is 7.20. The van der Waals surface area contributed by atoms with Gasteiger partial charge in [-0.2, -0.15) is 0 Å². The van der Waals surface area contributed by atoms with Crippen molar-refractivity contribution in [3.05, 3.63) is 30.1 Å². The zero-order valence-electron chi connectivity index (χ0n) is 12.3. The summed E-state index contributed by atoms with van der Waals surface area (Å²) < 4.78 is 1.52. The van der Waals surface area contributed by atoms with E-state index in [2.05, 4.69) is 10.3 Å². The highest BCUT2D eigenvalue weighted by atomic mass is 16.4. The average molecular weight is 291 g/mol. The van der Waals surface area contributed by atoms with E-state index < -0.39 is 12.1 Å². The van der Waals surface area contributed by atoms with Crippen LogP contribution in [0, 0.1) is 5.92 Å². The molecule has 2 rings (SSSR count). The Labute approximate surface area is 123 Å². The molecule has 0 bridgehead atoms. The molecule has 1 unspecified atom stereocenters. The lowest BCUT2D eigenvalue weighted by Crippen LogP contribution is -2.28. The van der Waals surface area contributed by atoms with Crippen molar-refractivity contribution in [2.45, 2.75) is 32.8 Å². The van der Waals surface area contributed by atoms with Crippen molar-refractivity contribution in [3.8, 4) is 0 Å². The third kappa shape index (κ3) is 3.16. The van der Waals surface area contributed by atoms with Crippen LogP contribution in [0.5, 0.6) is 0 Å². The lowest BCUT2D eigenvalue weighted by molar-refractivity contribution is 0.0690. The van der Waals surface area contributed by atoms with Crippen molar-refractivity contribution >= 4 is 17.4 Å². The van der Waals surface area contributed by atoms with Crippen LogP contribution >= 0.6 is 0 Å². The second-order valence-corrected chi connectivity index (χ2v) is 5.07. The molecule has 6 heteroatoms. The van der Waals surface area contributed by atoms with E-state index in [9.17, 15) is 15.0 Å². The van der Waals surface area contributed by atoms with E-state index in [4.69, 9.17) is 0 Å². The topological polar surface area (TPSA) is 86.9 Å². The van der Waals surface area contributed by atoms with E-state index in [-0.39, 0.29) is 18.2 Å². The number of nitrogens with one attached hydrogen (secondary N) is 1. The SMILES string of the molecule is CCC(CC)C(O)CNc1nc2ccccn2c1C(=O)O. The van der Waals surface area contributed by atoms with Crippen LogP contribution in [0.1, 0.15) is 37.2 Å². The van der Waals surface area contributed by atoms with Gasteiger partial charge in [0.2, 0.25) is 0 Å². The van der Waals surface area contributed by atoms with Gasteiger partial charge in [0.15, 0.2) is 11.5 Å². The van der Waals surface area contributed by atoms with Crippen molar-refractivity contribution in [2.75, 3.05) is 11.9 Å². The Kier molecular flexibility index (Phi) is 4.80. The van der Waals surface area contributed by atoms with E-state index in [1.807, 2.05) is 13.8 Å². The summed E-state index contributed by atoms with van der Waals surface area (Å²) in [7, 11) is 0. The van der Waals surface area contributed by atoms with Crippen molar-refractivity contribution in [2.24, 2.45) is 5.92 Å². The molecule has 0 aliphatic rings. The molecule has 2 aromatic rings. The highest BCUT2D eigenvalue weighted by Crippen LogP contribution is 2.19. The summed E-state index contributed by atoms with van der Waals surface area (Å²) >= 11 is 0. The molecular formula is C15H21N3O3. The molecule has 0 spiro atoms. The number of anilines is 1. The molecule has 0 saturated carbocycles. The number of aliphatic hydroxyl groups is 1. The molecule has 1 atom stereocenters. The predicted molar refractivity (Wildman–Crippen MR) is 80.7 cm³/mol. The molecular weight excluding hydrogens is 270 g/mol. The number of carboxylic acid groups (broad SMARTS) is 1. The second-order valence-electron chi connectivity index (χ2n) is 5.07. The predicted octanol–water partition coefficient (Wildman–Crippen LogP) is 2.24. The van der Waals surface area contributed by atoms with Gasteiger partial charge in [0, 0.05) is 12.7 Å². The van der Waals surface area contributed by atoms with Gasteiger partial charge in [0.05, 0.1) is 6.10 Å². The van der Waals surface area contributed by atoms with Crippen LogP contribution in [-0.4, -0.2) is 38.2 Å². The van der Waals surface area contributed by atoms with Crippen LogP contribution in [0.4, 0.5) is 5.82 Å². The number of carbonyl (C=O) groups is 1. The summed E-state index contributed by atoms with van der Waals surface area (Å²) in [5.74, 6) is -0.560. The number of carboxylic acids is 1. The first kappa shape index (κ1) is 15.3. The summed E-state index contributed by atoms with van der Waals surface area (Å²) in [6.07, 6.45) is 2.91. The average Bonchev–Trinajstić information content (AvgIpc) is 2.84. The maximum atomic E-state index is 11.4. The molecule has 3 N–H and O–H groups in total. The zero-order chi connectivity index (χ0) is 15.4. The summed E-state index contributed by atoms with van der Waals surface area (Å²) in [5, 5.41) is 22.5. The molecule has 6 nitrogen and oxygen atoms in total. The first-order valence-electron chi connectivity index (χ1n) is 7.20. The molecule has 114 valence electrons. The number of hydrogen-bond donors (Lipinski definition) is 3. The highest BCUT2D eigenvalue weighted by molar-refractivity contribution is 5.92. The number of nitrogens with zero attached hydrogens (tertiary/aromatic N) is 2. The molecule has 0 fully saturated rings. The molecule has 0 radical (unpaired) electrons. The largest absolute Gasteiger partial charge is 0.476 e. The van der Waals surface area contributed by atoms with E-state index >= 15 is 0 Å². The Morgan fingerprint density at radius 3 is 2.71 bits per heavy atom. The number of fused-ring (bicyclic) bond motifs is 1. The number of rotatable bonds is 7. The molecule has 0 aliphatic carbocycles. The number of hydrogen-bond acceptors (Lipinski definition) is 4. The van der Waals surface area contributed by atoms with Crippen molar-refractivity contribution in [1.29, 1.82) is 0 Å². The number of pyridine rings is 1.